The largest absolute Gasteiger partial charge is 0.354 e. The van der Waals surface area contributed by atoms with Gasteiger partial charge in [-0.05, 0) is 19.3 Å². The van der Waals surface area contributed by atoms with E-state index < -0.39 is 9.84 Å². The summed E-state index contributed by atoms with van der Waals surface area (Å²) in [5, 5.41) is 6.52. The van der Waals surface area contributed by atoms with Crippen LogP contribution in [0.2, 0.25) is 0 Å². The van der Waals surface area contributed by atoms with E-state index in [2.05, 4.69) is 15.6 Å². The Kier molecular flexibility index (Phi) is 8.05. The van der Waals surface area contributed by atoms with Crippen molar-refractivity contribution in [3.8, 4) is 0 Å². The van der Waals surface area contributed by atoms with Crippen LogP contribution in [0.4, 0.5) is 0 Å². The first kappa shape index (κ1) is 20.5. The summed E-state index contributed by atoms with van der Waals surface area (Å²) < 4.78 is 23.1. The van der Waals surface area contributed by atoms with Gasteiger partial charge in [-0.3, -0.25) is 4.79 Å². The van der Waals surface area contributed by atoms with Crippen LogP contribution in [-0.4, -0.2) is 69.4 Å². The lowest BCUT2D eigenvalue weighted by atomic mass is 10.2. The number of halogens is 1. The van der Waals surface area contributed by atoms with E-state index in [1.165, 1.54) is 17.7 Å². The first-order valence-electron chi connectivity index (χ1n) is 7.84. The Morgan fingerprint density at radius 1 is 1.13 bits per heavy atom. The van der Waals surface area contributed by atoms with Crippen LogP contribution in [0.1, 0.15) is 32.1 Å². The number of rotatable bonds is 4. The molecule has 1 saturated heterocycles. The fraction of sp³-hybridized carbons (Fsp3) is 0.857. The minimum Gasteiger partial charge on any atom is -0.354 e. The summed E-state index contributed by atoms with van der Waals surface area (Å²) in [6.45, 7) is 0.0640. The van der Waals surface area contributed by atoms with Gasteiger partial charge in [0.15, 0.2) is 15.8 Å². The molecule has 0 aromatic heterocycles. The molecule has 0 aromatic rings. The average Bonchev–Trinajstić information content (AvgIpc) is 3.05. The monoisotopic (exact) mass is 458 g/mol. The van der Waals surface area contributed by atoms with Crippen LogP contribution in [0.3, 0.4) is 0 Å². The predicted molar refractivity (Wildman–Crippen MR) is 102 cm³/mol. The van der Waals surface area contributed by atoms with Crippen molar-refractivity contribution in [3.05, 3.63) is 0 Å². The van der Waals surface area contributed by atoms with Crippen LogP contribution in [0, 0.1) is 0 Å². The fourth-order valence-corrected chi connectivity index (χ4v) is 4.46. The molecule has 0 aromatic carbocycles. The Morgan fingerprint density at radius 2 is 1.74 bits per heavy atom. The molecule has 1 aliphatic heterocycles. The maximum Gasteiger partial charge on any atom is 0.243 e. The predicted octanol–water partition coefficient (Wildman–Crippen LogP) is 0.358. The van der Waals surface area contributed by atoms with E-state index in [0.29, 0.717) is 18.4 Å². The third-order valence-corrected chi connectivity index (χ3v) is 5.91. The Balaban J connectivity index is 0.00000264. The highest BCUT2D eigenvalue weighted by Gasteiger charge is 2.29. The third kappa shape index (κ3) is 6.82. The summed E-state index contributed by atoms with van der Waals surface area (Å²) in [5.74, 6) is 0.841. The lowest BCUT2D eigenvalue weighted by Crippen LogP contribution is -2.47. The molecule has 9 heteroatoms. The lowest BCUT2D eigenvalue weighted by molar-refractivity contribution is -0.127. The van der Waals surface area contributed by atoms with Gasteiger partial charge in [0, 0.05) is 26.2 Å². The molecule has 7 nitrogen and oxygen atoms in total. The van der Waals surface area contributed by atoms with E-state index in [-0.39, 0.29) is 54.0 Å². The number of nitrogens with one attached hydrogen (secondary N) is 2. The highest BCUT2D eigenvalue weighted by Crippen LogP contribution is 2.17. The van der Waals surface area contributed by atoms with Crippen molar-refractivity contribution in [3.63, 3.8) is 0 Å². The Labute approximate surface area is 155 Å². The van der Waals surface area contributed by atoms with Crippen LogP contribution < -0.4 is 10.6 Å². The highest BCUT2D eigenvalue weighted by atomic mass is 127. The number of sulfone groups is 1. The van der Waals surface area contributed by atoms with E-state index in [4.69, 9.17) is 0 Å². The van der Waals surface area contributed by atoms with Gasteiger partial charge in [0.05, 0.1) is 11.5 Å². The molecule has 1 atom stereocenters. The molecule has 2 fully saturated rings. The lowest BCUT2D eigenvalue weighted by Gasteiger charge is -2.20. The van der Waals surface area contributed by atoms with Crippen molar-refractivity contribution in [2.45, 2.75) is 44.2 Å². The second-order valence-electron chi connectivity index (χ2n) is 6.32. The minimum absolute atomic E-state index is 0. The highest BCUT2D eigenvalue weighted by molar-refractivity contribution is 14.0. The van der Waals surface area contributed by atoms with E-state index in [1.54, 1.807) is 14.1 Å². The molecule has 134 valence electrons. The number of amides is 1. The van der Waals surface area contributed by atoms with Crippen molar-refractivity contribution in [2.75, 3.05) is 32.1 Å². The molecule has 1 saturated carbocycles. The average molecular weight is 458 g/mol. The van der Waals surface area contributed by atoms with Crippen LogP contribution in [0.5, 0.6) is 0 Å². The first-order chi connectivity index (χ1) is 10.4. The molecule has 1 amide bonds. The van der Waals surface area contributed by atoms with E-state index in [0.717, 1.165) is 12.8 Å². The van der Waals surface area contributed by atoms with Crippen molar-refractivity contribution in [2.24, 2.45) is 4.99 Å². The zero-order valence-electron chi connectivity index (χ0n) is 13.7. The van der Waals surface area contributed by atoms with Crippen LogP contribution in [-0.2, 0) is 14.6 Å². The molecule has 0 spiro atoms. The first-order valence-corrected chi connectivity index (χ1v) is 9.66. The van der Waals surface area contributed by atoms with Gasteiger partial charge in [-0.15, -0.1) is 24.0 Å². The van der Waals surface area contributed by atoms with Gasteiger partial charge in [-0.1, -0.05) is 12.8 Å². The number of guanidine groups is 1. The van der Waals surface area contributed by atoms with Crippen LogP contribution in [0.25, 0.3) is 0 Å². The van der Waals surface area contributed by atoms with Gasteiger partial charge in [0.25, 0.3) is 0 Å². The summed E-state index contributed by atoms with van der Waals surface area (Å²) in [6, 6.07) is 0.242. The molecule has 0 bridgehead atoms. The van der Waals surface area contributed by atoms with Crippen molar-refractivity contribution < 1.29 is 13.2 Å². The third-order valence-electron chi connectivity index (χ3n) is 4.14. The zero-order chi connectivity index (χ0) is 16.2. The fourth-order valence-electron chi connectivity index (χ4n) is 2.79. The quantitative estimate of drug-likeness (QED) is 0.361. The van der Waals surface area contributed by atoms with Crippen molar-refractivity contribution in [1.29, 1.82) is 0 Å². The normalized spacial score (nSPS) is 24.1. The second-order valence-corrected chi connectivity index (χ2v) is 8.55. The summed E-state index contributed by atoms with van der Waals surface area (Å²) in [4.78, 5) is 17.5. The molecule has 2 N–H and O–H groups in total. The Bertz CT molecular complexity index is 530. The van der Waals surface area contributed by atoms with Crippen LogP contribution >= 0.6 is 24.0 Å². The number of nitrogens with zero attached hydrogens (tertiary/aromatic N) is 2. The Morgan fingerprint density at radius 3 is 2.26 bits per heavy atom. The van der Waals surface area contributed by atoms with Gasteiger partial charge in [0.1, 0.15) is 6.54 Å². The number of hydrogen-bond donors (Lipinski definition) is 2. The topological polar surface area (TPSA) is 90.9 Å². The summed E-state index contributed by atoms with van der Waals surface area (Å²) in [7, 11) is 0.453. The molecule has 23 heavy (non-hydrogen) atoms. The number of aliphatic imine (C=N–C) groups is 1. The molecular weight excluding hydrogens is 431 g/mol. The van der Waals surface area contributed by atoms with Crippen molar-refractivity contribution >= 4 is 45.7 Å². The second kappa shape index (κ2) is 9.05. The summed E-state index contributed by atoms with van der Waals surface area (Å²) >= 11 is 0. The molecule has 1 unspecified atom stereocenters. The maximum absolute atomic E-state index is 11.7. The molecule has 1 heterocycles. The number of carbonyl (C=O) groups is 1. The molecule has 0 radical (unpaired) electrons. The molecule has 1 aliphatic carbocycles. The van der Waals surface area contributed by atoms with Gasteiger partial charge in [0.2, 0.25) is 5.91 Å². The Hall–Kier alpha value is -0.580. The molecule has 2 aliphatic rings. The smallest absolute Gasteiger partial charge is 0.243 e. The number of likely N-dealkylation sites (N-methyl/N-ethyl adjacent to an activating group) is 1. The van der Waals surface area contributed by atoms with Gasteiger partial charge in [-0.25, -0.2) is 13.4 Å². The molecule has 2 rings (SSSR count). The van der Waals surface area contributed by atoms with E-state index >= 15 is 0 Å². The maximum atomic E-state index is 11.7. The van der Waals surface area contributed by atoms with E-state index in [1.807, 2.05) is 0 Å². The van der Waals surface area contributed by atoms with Crippen LogP contribution in [0.15, 0.2) is 4.99 Å². The van der Waals surface area contributed by atoms with Gasteiger partial charge in [-0.2, -0.15) is 0 Å². The zero-order valence-corrected chi connectivity index (χ0v) is 16.9. The van der Waals surface area contributed by atoms with E-state index in [9.17, 15) is 13.2 Å². The van der Waals surface area contributed by atoms with Gasteiger partial charge >= 0.3 is 0 Å². The molecular formula is C14H27IN4O3S. The SMILES string of the molecule is CN(C)C(=O)CN=C(NC1CCCC1)NC1CCS(=O)(=O)C1.I. The van der Waals surface area contributed by atoms with Crippen molar-refractivity contribution in [1.82, 2.24) is 15.5 Å². The number of hydrogen-bond acceptors (Lipinski definition) is 4. The standard InChI is InChI=1S/C14H26N4O3S.HI/c1-18(2)13(19)9-15-14(16-11-5-3-4-6-11)17-12-7-8-22(20,21)10-12;/h11-12H,3-10H2,1-2H3,(H2,15,16,17);1H. The van der Waals surface area contributed by atoms with Gasteiger partial charge < -0.3 is 15.5 Å². The summed E-state index contributed by atoms with van der Waals surface area (Å²) in [5.41, 5.74) is 0. The summed E-state index contributed by atoms with van der Waals surface area (Å²) in [6.07, 6.45) is 5.16. The minimum atomic E-state index is -2.93. The number of carbonyl (C=O) groups excluding carboxylic acids is 1.